The smallest absolute Gasteiger partial charge is 0.223 e. The number of halogens is 1. The van der Waals surface area contributed by atoms with Crippen molar-refractivity contribution in [1.82, 2.24) is 9.97 Å². The summed E-state index contributed by atoms with van der Waals surface area (Å²) in [5.74, 6) is 0.554. The van der Waals surface area contributed by atoms with Crippen LogP contribution in [-0.4, -0.2) is 22.6 Å². The number of hydrogen-bond donors (Lipinski definition) is 2. The number of hydrogen-bond acceptors (Lipinski definition) is 4. The molecule has 1 saturated carbocycles. The van der Waals surface area contributed by atoms with Gasteiger partial charge in [-0.1, -0.05) is 12.8 Å². The lowest BCUT2D eigenvalue weighted by Gasteiger charge is -2.31. The number of nitrogens with zero attached hydrogens (tertiary/aromatic N) is 2. The first-order valence-electron chi connectivity index (χ1n) is 5.73. The van der Waals surface area contributed by atoms with Gasteiger partial charge in [0.15, 0.2) is 5.82 Å². The highest BCUT2D eigenvalue weighted by Gasteiger charge is 2.24. The molecule has 1 fully saturated rings. The Balaban J connectivity index is 1.99. The molecule has 5 heteroatoms. The monoisotopic (exact) mass is 224 g/mol. The second kappa shape index (κ2) is 5.21. The van der Waals surface area contributed by atoms with Gasteiger partial charge in [0.05, 0.1) is 12.4 Å². The summed E-state index contributed by atoms with van der Waals surface area (Å²) < 4.78 is 12.6. The van der Waals surface area contributed by atoms with Crippen molar-refractivity contribution in [2.45, 2.75) is 31.7 Å². The molecule has 0 aromatic carbocycles. The fourth-order valence-corrected chi connectivity index (χ4v) is 2.23. The van der Waals surface area contributed by atoms with Gasteiger partial charge in [-0.05, 0) is 25.3 Å². The first-order chi connectivity index (χ1) is 7.79. The van der Waals surface area contributed by atoms with Gasteiger partial charge in [-0.15, -0.1) is 0 Å². The molecule has 1 aliphatic carbocycles. The van der Waals surface area contributed by atoms with Crippen LogP contribution in [0.15, 0.2) is 12.4 Å². The summed E-state index contributed by atoms with van der Waals surface area (Å²) in [6.45, 7) is 0.679. The highest BCUT2D eigenvalue weighted by atomic mass is 19.1. The molecule has 0 bridgehead atoms. The minimum atomic E-state index is -0.412. The lowest BCUT2D eigenvalue weighted by atomic mass is 9.84. The summed E-state index contributed by atoms with van der Waals surface area (Å²) in [5.41, 5.74) is 5.73. The zero-order chi connectivity index (χ0) is 11.4. The van der Waals surface area contributed by atoms with Crippen molar-refractivity contribution in [3.8, 4) is 0 Å². The summed E-state index contributed by atoms with van der Waals surface area (Å²) in [7, 11) is 0. The van der Waals surface area contributed by atoms with Gasteiger partial charge >= 0.3 is 0 Å². The van der Waals surface area contributed by atoms with Gasteiger partial charge in [-0.2, -0.15) is 0 Å². The average molecular weight is 224 g/mol. The third-order valence-electron chi connectivity index (χ3n) is 3.15. The molecular formula is C11H17FN4. The second-order valence-electron chi connectivity index (χ2n) is 4.26. The Bertz CT molecular complexity index is 327. The van der Waals surface area contributed by atoms with Gasteiger partial charge in [0.1, 0.15) is 0 Å². The molecule has 0 saturated heterocycles. The second-order valence-corrected chi connectivity index (χ2v) is 4.26. The molecule has 1 aliphatic rings. The SMILES string of the molecule is NCC1CCCCC1Nc1ncc(F)cn1. The Kier molecular flexibility index (Phi) is 3.66. The van der Waals surface area contributed by atoms with Crippen molar-refractivity contribution in [1.29, 1.82) is 0 Å². The van der Waals surface area contributed by atoms with E-state index in [2.05, 4.69) is 15.3 Å². The van der Waals surface area contributed by atoms with Crippen LogP contribution in [0.1, 0.15) is 25.7 Å². The highest BCUT2D eigenvalue weighted by Crippen LogP contribution is 2.25. The van der Waals surface area contributed by atoms with Crippen molar-refractivity contribution < 1.29 is 4.39 Å². The van der Waals surface area contributed by atoms with Crippen LogP contribution in [0.25, 0.3) is 0 Å². The maximum absolute atomic E-state index is 12.6. The van der Waals surface area contributed by atoms with Gasteiger partial charge in [0, 0.05) is 6.04 Å². The van der Waals surface area contributed by atoms with E-state index in [0.717, 1.165) is 12.8 Å². The third-order valence-corrected chi connectivity index (χ3v) is 3.15. The van der Waals surface area contributed by atoms with Crippen molar-refractivity contribution in [3.63, 3.8) is 0 Å². The maximum Gasteiger partial charge on any atom is 0.223 e. The minimum absolute atomic E-state index is 0.323. The number of aromatic nitrogens is 2. The third kappa shape index (κ3) is 2.66. The molecule has 1 heterocycles. The fourth-order valence-electron chi connectivity index (χ4n) is 2.23. The number of anilines is 1. The highest BCUT2D eigenvalue weighted by molar-refractivity contribution is 5.25. The molecule has 88 valence electrons. The van der Waals surface area contributed by atoms with Crippen LogP contribution in [-0.2, 0) is 0 Å². The van der Waals surface area contributed by atoms with Crippen LogP contribution >= 0.6 is 0 Å². The van der Waals surface area contributed by atoms with E-state index in [1.807, 2.05) is 0 Å². The Hall–Kier alpha value is -1.23. The zero-order valence-electron chi connectivity index (χ0n) is 9.19. The van der Waals surface area contributed by atoms with Crippen LogP contribution in [0.2, 0.25) is 0 Å². The van der Waals surface area contributed by atoms with Crippen LogP contribution in [0.5, 0.6) is 0 Å². The summed E-state index contributed by atoms with van der Waals surface area (Å²) >= 11 is 0. The van der Waals surface area contributed by atoms with E-state index in [1.54, 1.807) is 0 Å². The van der Waals surface area contributed by atoms with Crippen molar-refractivity contribution in [2.24, 2.45) is 11.7 Å². The van der Waals surface area contributed by atoms with Gasteiger partial charge in [0.2, 0.25) is 5.95 Å². The Morgan fingerprint density at radius 3 is 2.69 bits per heavy atom. The summed E-state index contributed by atoms with van der Waals surface area (Å²) in [6, 6.07) is 0.323. The quantitative estimate of drug-likeness (QED) is 0.817. The van der Waals surface area contributed by atoms with E-state index < -0.39 is 5.82 Å². The Morgan fingerprint density at radius 1 is 1.31 bits per heavy atom. The predicted octanol–water partition coefficient (Wildman–Crippen LogP) is 1.55. The maximum atomic E-state index is 12.6. The molecule has 1 aromatic heterocycles. The van der Waals surface area contributed by atoms with E-state index >= 15 is 0 Å². The van der Waals surface area contributed by atoms with Gasteiger partial charge in [-0.3, -0.25) is 0 Å². The standard InChI is InChI=1S/C11H17FN4/c12-9-6-14-11(15-7-9)16-10-4-2-1-3-8(10)5-13/h6-8,10H,1-5,13H2,(H,14,15,16). The van der Waals surface area contributed by atoms with Crippen LogP contribution < -0.4 is 11.1 Å². The Morgan fingerprint density at radius 2 is 2.00 bits per heavy atom. The van der Waals surface area contributed by atoms with E-state index in [9.17, 15) is 4.39 Å². The van der Waals surface area contributed by atoms with E-state index in [4.69, 9.17) is 5.73 Å². The predicted molar refractivity (Wildman–Crippen MR) is 60.4 cm³/mol. The first-order valence-corrected chi connectivity index (χ1v) is 5.73. The van der Waals surface area contributed by atoms with Crippen molar-refractivity contribution in [3.05, 3.63) is 18.2 Å². The van der Waals surface area contributed by atoms with E-state index in [-0.39, 0.29) is 0 Å². The number of nitrogens with one attached hydrogen (secondary N) is 1. The molecule has 1 aromatic rings. The zero-order valence-corrected chi connectivity index (χ0v) is 9.19. The topological polar surface area (TPSA) is 63.8 Å². The molecule has 0 spiro atoms. The van der Waals surface area contributed by atoms with Crippen LogP contribution in [0, 0.1) is 11.7 Å². The lowest BCUT2D eigenvalue weighted by Crippen LogP contribution is -2.37. The van der Waals surface area contributed by atoms with Gasteiger partial charge in [-0.25, -0.2) is 14.4 Å². The molecule has 0 amide bonds. The molecule has 16 heavy (non-hydrogen) atoms. The molecule has 2 rings (SSSR count). The number of rotatable bonds is 3. The molecule has 2 atom stereocenters. The normalized spacial score (nSPS) is 25.4. The van der Waals surface area contributed by atoms with E-state index in [0.29, 0.717) is 24.5 Å². The summed E-state index contributed by atoms with van der Waals surface area (Å²) in [4.78, 5) is 7.81. The minimum Gasteiger partial charge on any atom is -0.351 e. The van der Waals surface area contributed by atoms with Crippen molar-refractivity contribution in [2.75, 3.05) is 11.9 Å². The molecule has 0 aliphatic heterocycles. The molecule has 4 nitrogen and oxygen atoms in total. The largest absolute Gasteiger partial charge is 0.351 e. The number of nitrogens with two attached hydrogens (primary N) is 1. The first kappa shape index (κ1) is 11.3. The summed E-state index contributed by atoms with van der Waals surface area (Å²) in [5, 5.41) is 3.24. The average Bonchev–Trinajstić information content (AvgIpc) is 2.33. The van der Waals surface area contributed by atoms with E-state index in [1.165, 1.54) is 25.2 Å². The Labute approximate surface area is 94.5 Å². The van der Waals surface area contributed by atoms with Gasteiger partial charge < -0.3 is 11.1 Å². The molecule has 3 N–H and O–H groups in total. The van der Waals surface area contributed by atoms with Crippen LogP contribution in [0.3, 0.4) is 0 Å². The molecule has 0 radical (unpaired) electrons. The van der Waals surface area contributed by atoms with Gasteiger partial charge in [0.25, 0.3) is 0 Å². The van der Waals surface area contributed by atoms with Crippen molar-refractivity contribution >= 4 is 5.95 Å². The summed E-state index contributed by atoms with van der Waals surface area (Å²) in [6.07, 6.45) is 7.03. The molecule has 2 unspecified atom stereocenters. The lowest BCUT2D eigenvalue weighted by molar-refractivity contribution is 0.331. The molecular weight excluding hydrogens is 207 g/mol. The van der Waals surface area contributed by atoms with Crippen LogP contribution in [0.4, 0.5) is 10.3 Å². The fraction of sp³-hybridized carbons (Fsp3) is 0.636.